The van der Waals surface area contributed by atoms with Gasteiger partial charge in [-0.2, -0.15) is 0 Å². The maximum absolute atomic E-state index is 10.4. The van der Waals surface area contributed by atoms with Crippen LogP contribution >= 0.6 is 0 Å². The van der Waals surface area contributed by atoms with E-state index in [0.717, 1.165) is 25.4 Å². The molecule has 0 aromatic carbocycles. The molecule has 1 aliphatic carbocycles. The van der Waals surface area contributed by atoms with Crippen LogP contribution in [0.5, 0.6) is 0 Å². The van der Waals surface area contributed by atoms with Crippen LogP contribution in [0.2, 0.25) is 0 Å². The van der Waals surface area contributed by atoms with Gasteiger partial charge in [-0.05, 0) is 44.4 Å². The molecule has 1 saturated carbocycles. The summed E-state index contributed by atoms with van der Waals surface area (Å²) >= 11 is 0. The van der Waals surface area contributed by atoms with Crippen LogP contribution in [-0.4, -0.2) is 60.7 Å². The molecule has 1 aliphatic heterocycles. The van der Waals surface area contributed by atoms with E-state index in [-0.39, 0.29) is 19.6 Å². The lowest BCUT2D eigenvalue weighted by Crippen LogP contribution is -2.49. The Hall–Kier alpha value is -0.160. The molecule has 0 bridgehead atoms. The van der Waals surface area contributed by atoms with E-state index in [1.54, 1.807) is 0 Å². The van der Waals surface area contributed by atoms with Gasteiger partial charge in [-0.25, -0.2) is 0 Å². The molecule has 1 N–H and O–H groups in total. The van der Waals surface area contributed by atoms with Crippen LogP contribution in [0.4, 0.5) is 0 Å². The van der Waals surface area contributed by atoms with Crippen molar-refractivity contribution in [3.05, 3.63) is 0 Å². The average molecular weight is 344 g/mol. The summed E-state index contributed by atoms with van der Waals surface area (Å²) in [6.45, 7) is 14.1. The monoisotopic (exact) mass is 343 g/mol. The van der Waals surface area contributed by atoms with Crippen molar-refractivity contribution in [3.8, 4) is 0 Å². The molecular formula is C20H41NO3. The molecule has 24 heavy (non-hydrogen) atoms. The van der Waals surface area contributed by atoms with Crippen molar-refractivity contribution in [2.45, 2.75) is 85.7 Å². The Bertz CT molecular complexity index is 340. The molecule has 0 aromatic heterocycles. The summed E-state index contributed by atoms with van der Waals surface area (Å²) in [4.78, 5) is 2.30. The first-order valence-electron chi connectivity index (χ1n) is 9.52. The Morgan fingerprint density at radius 2 is 1.75 bits per heavy atom. The number of hydrogen-bond donors (Lipinski definition) is 1. The predicted molar refractivity (Wildman–Crippen MR) is 100 cm³/mol. The van der Waals surface area contributed by atoms with Crippen molar-refractivity contribution in [1.82, 2.24) is 4.90 Å². The maximum Gasteiger partial charge on any atom is 0.0900 e. The van der Waals surface area contributed by atoms with Gasteiger partial charge in [-0.3, -0.25) is 4.90 Å². The normalized spacial score (nSPS) is 36.4. The summed E-state index contributed by atoms with van der Waals surface area (Å²) in [6, 6.07) is 0. The fourth-order valence-electron chi connectivity index (χ4n) is 4.33. The van der Waals surface area contributed by atoms with Crippen molar-refractivity contribution in [1.29, 1.82) is 0 Å². The van der Waals surface area contributed by atoms with Crippen LogP contribution in [0.15, 0.2) is 0 Å². The Morgan fingerprint density at radius 3 is 2.33 bits per heavy atom. The second kappa shape index (κ2) is 10.1. The Labute approximate surface area is 149 Å². The fourth-order valence-corrected chi connectivity index (χ4v) is 4.33. The van der Waals surface area contributed by atoms with Gasteiger partial charge in [0.1, 0.15) is 0 Å². The second-order valence-corrected chi connectivity index (χ2v) is 8.33. The number of morpholine rings is 1. The smallest absolute Gasteiger partial charge is 0.0900 e. The highest BCUT2D eigenvalue weighted by Crippen LogP contribution is 2.35. The third kappa shape index (κ3) is 6.62. The van der Waals surface area contributed by atoms with Crippen LogP contribution in [0.3, 0.4) is 0 Å². The Kier molecular flexibility index (Phi) is 9.21. The van der Waals surface area contributed by atoms with E-state index in [1.807, 2.05) is 0 Å². The van der Waals surface area contributed by atoms with Gasteiger partial charge in [0.15, 0.2) is 0 Å². The van der Waals surface area contributed by atoms with E-state index < -0.39 is 6.10 Å². The van der Waals surface area contributed by atoms with Gasteiger partial charge >= 0.3 is 0 Å². The summed E-state index contributed by atoms with van der Waals surface area (Å²) < 4.78 is 11.9. The zero-order chi connectivity index (χ0) is 17.0. The van der Waals surface area contributed by atoms with Crippen LogP contribution in [0.1, 0.15) is 61.3 Å². The molecule has 4 heteroatoms. The van der Waals surface area contributed by atoms with Crippen molar-refractivity contribution < 1.29 is 14.6 Å². The first kappa shape index (κ1) is 21.9. The van der Waals surface area contributed by atoms with Crippen molar-refractivity contribution in [2.24, 2.45) is 17.8 Å². The Morgan fingerprint density at radius 1 is 1.12 bits per heavy atom. The van der Waals surface area contributed by atoms with Crippen LogP contribution in [0, 0.1) is 17.8 Å². The first-order valence-corrected chi connectivity index (χ1v) is 9.52. The topological polar surface area (TPSA) is 41.9 Å². The molecule has 1 saturated heterocycles. The van der Waals surface area contributed by atoms with E-state index >= 15 is 0 Å². The van der Waals surface area contributed by atoms with E-state index in [1.165, 1.54) is 12.8 Å². The molecular weight excluding hydrogens is 302 g/mol. The van der Waals surface area contributed by atoms with Crippen molar-refractivity contribution >= 4 is 0 Å². The van der Waals surface area contributed by atoms with Gasteiger partial charge in [0.05, 0.1) is 31.0 Å². The molecule has 0 aromatic rings. The maximum atomic E-state index is 10.4. The molecule has 2 aliphatic rings. The van der Waals surface area contributed by atoms with Gasteiger partial charge in [-0.1, -0.05) is 34.6 Å². The van der Waals surface area contributed by atoms with Gasteiger partial charge in [0.25, 0.3) is 0 Å². The van der Waals surface area contributed by atoms with Crippen molar-refractivity contribution in [3.63, 3.8) is 0 Å². The summed E-state index contributed by atoms with van der Waals surface area (Å²) in [5.41, 5.74) is 0. The Balaban J connectivity index is 0.00000288. The summed E-state index contributed by atoms with van der Waals surface area (Å²) in [6.07, 6.45) is 4.12. The minimum absolute atomic E-state index is 0. The van der Waals surface area contributed by atoms with Gasteiger partial charge in [0.2, 0.25) is 0 Å². The van der Waals surface area contributed by atoms with Crippen molar-refractivity contribution in [2.75, 3.05) is 26.2 Å². The molecule has 6 atom stereocenters. The quantitative estimate of drug-likeness (QED) is 0.800. The van der Waals surface area contributed by atoms with Crippen LogP contribution in [0.25, 0.3) is 0 Å². The number of rotatable bonds is 6. The van der Waals surface area contributed by atoms with E-state index in [4.69, 9.17) is 9.47 Å². The fraction of sp³-hybridized carbons (Fsp3) is 1.00. The van der Waals surface area contributed by atoms with E-state index in [2.05, 4.69) is 39.5 Å². The molecule has 0 radical (unpaired) electrons. The van der Waals surface area contributed by atoms with Gasteiger partial charge in [0, 0.05) is 19.6 Å². The van der Waals surface area contributed by atoms with Crippen LogP contribution < -0.4 is 0 Å². The third-order valence-corrected chi connectivity index (χ3v) is 5.43. The highest BCUT2D eigenvalue weighted by atomic mass is 16.5. The molecule has 144 valence electrons. The highest BCUT2D eigenvalue weighted by molar-refractivity contribution is 4.82. The van der Waals surface area contributed by atoms with Gasteiger partial charge < -0.3 is 14.6 Å². The lowest BCUT2D eigenvalue weighted by molar-refractivity contribution is -0.0974. The minimum Gasteiger partial charge on any atom is -0.389 e. The number of aliphatic hydroxyl groups is 1. The lowest BCUT2D eigenvalue weighted by Gasteiger charge is -2.38. The zero-order valence-corrected chi connectivity index (χ0v) is 15.7. The van der Waals surface area contributed by atoms with E-state index in [9.17, 15) is 5.11 Å². The standard InChI is InChI=1S/C19H37NO3.CH4/c1-13(2)18-7-6-14(3)8-19(18)22-12-17(21)11-20-9-15(4)23-16(5)10-20;/h13-19,21H,6-12H2,1-5H3;1H4. The molecule has 1 heterocycles. The number of β-amino-alcohol motifs (C(OH)–C–C–N with tert-alkyl or cyclic N) is 1. The average Bonchev–Trinajstić information content (AvgIpc) is 2.43. The molecule has 2 fully saturated rings. The molecule has 0 amide bonds. The predicted octanol–water partition coefficient (Wildman–Crippen LogP) is 3.57. The number of aliphatic hydroxyl groups excluding tert-OH is 1. The lowest BCUT2D eigenvalue weighted by atomic mass is 9.75. The number of hydrogen-bond acceptors (Lipinski definition) is 4. The molecule has 2 rings (SSSR count). The molecule has 0 spiro atoms. The SMILES string of the molecule is C.CC1CCC(C(C)C)C(OCC(O)CN2CC(C)OC(C)C2)C1. The second-order valence-electron chi connectivity index (χ2n) is 8.33. The van der Waals surface area contributed by atoms with Crippen LogP contribution in [-0.2, 0) is 9.47 Å². The summed E-state index contributed by atoms with van der Waals surface area (Å²) in [7, 11) is 0. The first-order chi connectivity index (χ1) is 10.8. The summed E-state index contributed by atoms with van der Waals surface area (Å²) in [5.74, 6) is 2.04. The van der Waals surface area contributed by atoms with E-state index in [0.29, 0.717) is 31.1 Å². The third-order valence-electron chi connectivity index (χ3n) is 5.43. The minimum atomic E-state index is -0.405. The number of ether oxygens (including phenoxy) is 2. The molecule has 6 unspecified atom stereocenters. The summed E-state index contributed by atoms with van der Waals surface area (Å²) in [5, 5.41) is 10.4. The number of nitrogens with zero attached hydrogens (tertiary/aromatic N) is 1. The van der Waals surface area contributed by atoms with Gasteiger partial charge in [-0.15, -0.1) is 0 Å². The largest absolute Gasteiger partial charge is 0.389 e. The molecule has 4 nitrogen and oxygen atoms in total. The zero-order valence-electron chi connectivity index (χ0n) is 15.7. The highest BCUT2D eigenvalue weighted by Gasteiger charge is 2.32.